The summed E-state index contributed by atoms with van der Waals surface area (Å²) in [5.74, 6) is 1.07. The second-order valence-electron chi connectivity index (χ2n) is 6.83. The zero-order chi connectivity index (χ0) is 20.9. The van der Waals surface area contributed by atoms with Gasteiger partial charge >= 0.3 is 0 Å². The van der Waals surface area contributed by atoms with Gasteiger partial charge < -0.3 is 14.8 Å². The number of methoxy groups -OCH3 is 1. The Hall–Kier alpha value is -2.58. The van der Waals surface area contributed by atoms with Gasteiger partial charge in [0.15, 0.2) is 0 Å². The van der Waals surface area contributed by atoms with Gasteiger partial charge in [-0.15, -0.1) is 0 Å². The van der Waals surface area contributed by atoms with Crippen molar-refractivity contribution in [3.05, 3.63) is 48.0 Å². The lowest BCUT2D eigenvalue weighted by atomic mass is 10.2. The van der Waals surface area contributed by atoms with E-state index in [1.807, 2.05) is 0 Å². The van der Waals surface area contributed by atoms with Crippen LogP contribution in [0.25, 0.3) is 0 Å². The number of rotatable bonds is 8. The number of ether oxygens (including phenoxy) is 2. The Bertz CT molecular complexity index is 922. The number of nitrogens with one attached hydrogen (secondary N) is 1. The Balaban J connectivity index is 2.23. The summed E-state index contributed by atoms with van der Waals surface area (Å²) < 4.78 is 36.6. The molecule has 2 rings (SSSR count). The van der Waals surface area contributed by atoms with Gasteiger partial charge in [0, 0.05) is 19.7 Å². The molecular formula is C20H26N2O5S. The first kappa shape index (κ1) is 21.7. The molecule has 1 N–H and O–H groups in total. The van der Waals surface area contributed by atoms with Gasteiger partial charge in [-0.2, -0.15) is 0 Å². The highest BCUT2D eigenvalue weighted by Crippen LogP contribution is 2.29. The number of hydrogen-bond acceptors (Lipinski definition) is 5. The van der Waals surface area contributed by atoms with E-state index in [1.165, 1.54) is 39.4 Å². The third-order valence-electron chi connectivity index (χ3n) is 3.90. The molecule has 0 aromatic heterocycles. The van der Waals surface area contributed by atoms with E-state index in [4.69, 9.17) is 9.47 Å². The Kier molecular flexibility index (Phi) is 7.04. The van der Waals surface area contributed by atoms with E-state index in [0.29, 0.717) is 29.6 Å². The number of sulfonamides is 1. The summed E-state index contributed by atoms with van der Waals surface area (Å²) in [6.07, 6.45) is 0. The summed E-state index contributed by atoms with van der Waals surface area (Å²) >= 11 is 0. The van der Waals surface area contributed by atoms with Crippen molar-refractivity contribution in [3.8, 4) is 11.5 Å². The maximum absolute atomic E-state index is 12.6. The summed E-state index contributed by atoms with van der Waals surface area (Å²) in [7, 11) is 0.707. The molecule has 0 aliphatic rings. The predicted octanol–water partition coefficient (Wildman–Crippen LogP) is 3.23. The summed E-state index contributed by atoms with van der Waals surface area (Å²) in [6.45, 7) is 4.70. The van der Waals surface area contributed by atoms with Crippen LogP contribution in [-0.4, -0.2) is 46.4 Å². The van der Waals surface area contributed by atoms with Crippen molar-refractivity contribution in [2.75, 3.05) is 33.1 Å². The van der Waals surface area contributed by atoms with Crippen LogP contribution in [0.3, 0.4) is 0 Å². The molecule has 2 aromatic rings. The first-order chi connectivity index (χ1) is 13.1. The molecule has 0 saturated heterocycles. The number of carbonyl (C=O) groups is 1. The highest BCUT2D eigenvalue weighted by Gasteiger charge is 2.20. The monoisotopic (exact) mass is 406 g/mol. The van der Waals surface area contributed by atoms with Crippen molar-refractivity contribution < 1.29 is 22.7 Å². The Morgan fingerprint density at radius 1 is 1.11 bits per heavy atom. The van der Waals surface area contributed by atoms with E-state index in [0.717, 1.165) is 4.31 Å². The average molecular weight is 407 g/mol. The SMILES string of the molecule is COc1ccc(S(=O)(=O)N(C)C)cc1NC(=O)c1ccc(OCC(C)C)cc1. The second kappa shape index (κ2) is 9.07. The quantitative estimate of drug-likeness (QED) is 0.727. The van der Waals surface area contributed by atoms with Crippen molar-refractivity contribution in [2.45, 2.75) is 18.7 Å². The minimum atomic E-state index is -3.63. The first-order valence-electron chi connectivity index (χ1n) is 8.80. The molecule has 7 nitrogen and oxygen atoms in total. The number of hydrogen-bond donors (Lipinski definition) is 1. The van der Waals surface area contributed by atoms with Crippen LogP contribution in [0.15, 0.2) is 47.4 Å². The van der Waals surface area contributed by atoms with Crippen molar-refractivity contribution in [1.29, 1.82) is 0 Å². The zero-order valence-electron chi connectivity index (χ0n) is 16.7. The molecule has 0 radical (unpaired) electrons. The number of amides is 1. The molecule has 0 atom stereocenters. The molecule has 28 heavy (non-hydrogen) atoms. The van der Waals surface area contributed by atoms with Gasteiger partial charge in [0.2, 0.25) is 10.0 Å². The third-order valence-corrected chi connectivity index (χ3v) is 5.71. The average Bonchev–Trinajstić information content (AvgIpc) is 2.66. The molecule has 152 valence electrons. The Morgan fingerprint density at radius 3 is 2.29 bits per heavy atom. The smallest absolute Gasteiger partial charge is 0.255 e. The summed E-state index contributed by atoms with van der Waals surface area (Å²) in [6, 6.07) is 11.1. The van der Waals surface area contributed by atoms with E-state index in [1.54, 1.807) is 24.3 Å². The van der Waals surface area contributed by atoms with Crippen molar-refractivity contribution in [1.82, 2.24) is 4.31 Å². The normalized spacial score (nSPS) is 11.5. The number of benzene rings is 2. The maximum Gasteiger partial charge on any atom is 0.255 e. The van der Waals surface area contributed by atoms with Crippen molar-refractivity contribution in [2.24, 2.45) is 5.92 Å². The van der Waals surface area contributed by atoms with Gasteiger partial charge in [-0.05, 0) is 48.4 Å². The highest BCUT2D eigenvalue weighted by molar-refractivity contribution is 7.89. The molecule has 0 saturated carbocycles. The van der Waals surface area contributed by atoms with Gasteiger partial charge in [0.1, 0.15) is 11.5 Å². The van der Waals surface area contributed by atoms with Gasteiger partial charge in [0.05, 0.1) is 24.3 Å². The van der Waals surface area contributed by atoms with Crippen LogP contribution in [0.5, 0.6) is 11.5 Å². The zero-order valence-corrected chi connectivity index (χ0v) is 17.5. The number of anilines is 1. The van der Waals surface area contributed by atoms with Crippen LogP contribution in [0.1, 0.15) is 24.2 Å². The number of nitrogens with zero attached hydrogens (tertiary/aromatic N) is 1. The lowest BCUT2D eigenvalue weighted by Crippen LogP contribution is -2.22. The molecule has 0 fully saturated rings. The Morgan fingerprint density at radius 2 is 1.75 bits per heavy atom. The largest absolute Gasteiger partial charge is 0.495 e. The summed E-state index contributed by atoms with van der Waals surface area (Å²) in [5, 5.41) is 2.71. The third kappa shape index (κ3) is 5.24. The minimum absolute atomic E-state index is 0.0611. The maximum atomic E-state index is 12.6. The Labute approximate surface area is 166 Å². The summed E-state index contributed by atoms with van der Waals surface area (Å²) in [5.41, 5.74) is 0.690. The highest BCUT2D eigenvalue weighted by atomic mass is 32.2. The van der Waals surface area contributed by atoms with Gasteiger partial charge in [-0.1, -0.05) is 13.8 Å². The van der Waals surface area contributed by atoms with E-state index in [2.05, 4.69) is 19.2 Å². The topological polar surface area (TPSA) is 84.9 Å². The van der Waals surface area contributed by atoms with Crippen LogP contribution < -0.4 is 14.8 Å². The lowest BCUT2D eigenvalue weighted by molar-refractivity contribution is 0.102. The molecule has 8 heteroatoms. The van der Waals surface area contributed by atoms with Crippen molar-refractivity contribution >= 4 is 21.6 Å². The molecule has 0 bridgehead atoms. The number of carbonyl (C=O) groups excluding carboxylic acids is 1. The fourth-order valence-corrected chi connectivity index (χ4v) is 3.24. The molecule has 0 aliphatic carbocycles. The second-order valence-corrected chi connectivity index (χ2v) is 8.98. The molecule has 2 aromatic carbocycles. The van der Waals surface area contributed by atoms with E-state index in [-0.39, 0.29) is 16.5 Å². The fourth-order valence-electron chi connectivity index (χ4n) is 2.32. The molecule has 0 unspecified atom stereocenters. The standard InChI is InChI=1S/C20H26N2O5S/c1-14(2)13-27-16-8-6-15(7-9-16)20(23)21-18-12-17(10-11-19(18)26-5)28(24,25)22(3)4/h6-12,14H,13H2,1-5H3,(H,21,23). The van der Waals surface area contributed by atoms with Crippen LogP contribution in [0, 0.1) is 5.92 Å². The van der Waals surface area contributed by atoms with Crippen LogP contribution in [-0.2, 0) is 10.0 Å². The van der Waals surface area contributed by atoms with E-state index >= 15 is 0 Å². The molecule has 0 heterocycles. The van der Waals surface area contributed by atoms with Crippen LogP contribution in [0.2, 0.25) is 0 Å². The molecular weight excluding hydrogens is 380 g/mol. The molecule has 1 amide bonds. The van der Waals surface area contributed by atoms with E-state index in [9.17, 15) is 13.2 Å². The van der Waals surface area contributed by atoms with Gasteiger partial charge in [-0.25, -0.2) is 12.7 Å². The van der Waals surface area contributed by atoms with E-state index < -0.39 is 10.0 Å². The predicted molar refractivity (Wildman–Crippen MR) is 109 cm³/mol. The van der Waals surface area contributed by atoms with Crippen molar-refractivity contribution in [3.63, 3.8) is 0 Å². The molecule has 0 spiro atoms. The van der Waals surface area contributed by atoms with Crippen LogP contribution in [0.4, 0.5) is 5.69 Å². The minimum Gasteiger partial charge on any atom is -0.495 e. The van der Waals surface area contributed by atoms with Crippen LogP contribution >= 0.6 is 0 Å². The fraction of sp³-hybridized carbons (Fsp3) is 0.350. The molecule has 0 aliphatic heterocycles. The summed E-state index contributed by atoms with van der Waals surface area (Å²) in [4.78, 5) is 12.6. The first-order valence-corrected chi connectivity index (χ1v) is 10.2. The van der Waals surface area contributed by atoms with Gasteiger partial charge in [-0.3, -0.25) is 4.79 Å². The van der Waals surface area contributed by atoms with Gasteiger partial charge in [0.25, 0.3) is 5.91 Å². The lowest BCUT2D eigenvalue weighted by Gasteiger charge is -2.15.